The van der Waals surface area contributed by atoms with Crippen LogP contribution in [0.5, 0.6) is 17.2 Å². The molecule has 2 aromatic carbocycles. The highest BCUT2D eigenvalue weighted by atomic mass is 32.1. The number of fused-ring (bicyclic) bond motifs is 2. The van der Waals surface area contributed by atoms with Crippen LogP contribution in [0.4, 0.5) is 0 Å². The number of aromatic amines is 1. The molecule has 3 heterocycles. The Kier molecular flexibility index (Phi) is 6.68. The molecule has 1 aliphatic heterocycles. The van der Waals surface area contributed by atoms with Crippen LogP contribution in [-0.2, 0) is 0 Å². The molecule has 0 aliphatic carbocycles. The number of β-amino-alcohol motifs (C(OH)–C–C–N with tert-alkyl or cyclic N) is 1. The second-order valence-electron chi connectivity index (χ2n) is 9.09. The lowest BCUT2D eigenvalue weighted by molar-refractivity contribution is 0.0408. The molecule has 2 aromatic heterocycles. The van der Waals surface area contributed by atoms with Gasteiger partial charge in [-0.25, -0.2) is 0 Å². The molecule has 1 saturated heterocycles. The number of thiophene rings is 1. The molecule has 5 rings (SSSR count). The minimum absolute atomic E-state index is 0.287. The number of hydrogen-bond acceptors (Lipinski definition) is 6. The Balaban J connectivity index is 1.20. The molecule has 0 spiro atoms. The van der Waals surface area contributed by atoms with Crippen molar-refractivity contribution in [2.45, 2.75) is 37.8 Å². The van der Waals surface area contributed by atoms with Gasteiger partial charge in [0.05, 0.1) is 14.2 Å². The SMILES string of the molecule is COc1ccc2sc([C@@H]3CCN(C[C@H](O)COc4cccc5[nH]ccc45)[C@@H](C)C3)cc2c1OC. The molecule has 0 bridgehead atoms. The van der Waals surface area contributed by atoms with E-state index in [4.69, 9.17) is 14.2 Å². The predicted molar refractivity (Wildman–Crippen MR) is 138 cm³/mol. The van der Waals surface area contributed by atoms with Crippen LogP contribution >= 0.6 is 11.3 Å². The average Bonchev–Trinajstić information content (AvgIpc) is 3.50. The van der Waals surface area contributed by atoms with Crippen LogP contribution in [0, 0.1) is 0 Å². The Bertz CT molecular complexity index is 1270. The standard InChI is InChI=1S/C27H32N2O4S/c1-17-13-18(26-14-21-25(34-26)8-7-24(31-2)27(21)32-3)10-12-29(17)15-19(30)16-33-23-6-4-5-22-20(23)9-11-28-22/h4-9,11,14,17-19,28,30H,10,12-13,15-16H2,1-3H3/t17-,18+,19-/m0/s1. The number of aliphatic hydroxyl groups is 1. The maximum absolute atomic E-state index is 10.7. The summed E-state index contributed by atoms with van der Waals surface area (Å²) in [4.78, 5) is 6.98. The Morgan fingerprint density at radius 2 is 2.00 bits per heavy atom. The van der Waals surface area contributed by atoms with Gasteiger partial charge in [0.25, 0.3) is 0 Å². The van der Waals surface area contributed by atoms with Gasteiger partial charge in [-0.05, 0) is 68.6 Å². The second kappa shape index (κ2) is 9.86. The van der Waals surface area contributed by atoms with E-state index in [9.17, 15) is 5.11 Å². The van der Waals surface area contributed by atoms with Gasteiger partial charge in [0.2, 0.25) is 0 Å². The van der Waals surface area contributed by atoms with E-state index in [1.165, 1.54) is 9.58 Å². The van der Waals surface area contributed by atoms with Gasteiger partial charge in [0.15, 0.2) is 11.5 Å². The first-order valence-electron chi connectivity index (χ1n) is 11.8. The highest BCUT2D eigenvalue weighted by molar-refractivity contribution is 7.19. The number of rotatable bonds is 8. The number of nitrogens with zero attached hydrogens (tertiary/aromatic N) is 1. The Labute approximate surface area is 204 Å². The molecule has 180 valence electrons. The van der Waals surface area contributed by atoms with Crippen molar-refractivity contribution >= 4 is 32.3 Å². The van der Waals surface area contributed by atoms with Gasteiger partial charge in [0.1, 0.15) is 18.5 Å². The fraction of sp³-hybridized carbons (Fsp3) is 0.407. The number of ether oxygens (including phenoxy) is 3. The van der Waals surface area contributed by atoms with Crippen LogP contribution in [0.15, 0.2) is 48.7 Å². The highest BCUT2D eigenvalue weighted by Crippen LogP contribution is 2.44. The first-order valence-corrected chi connectivity index (χ1v) is 12.6. The number of hydrogen-bond donors (Lipinski definition) is 2. The third-order valence-electron chi connectivity index (χ3n) is 6.91. The Morgan fingerprint density at radius 3 is 2.79 bits per heavy atom. The molecule has 6 nitrogen and oxygen atoms in total. The van der Waals surface area contributed by atoms with Crippen LogP contribution in [0.2, 0.25) is 0 Å². The molecule has 4 aromatic rings. The van der Waals surface area contributed by atoms with Crippen molar-refractivity contribution in [2.75, 3.05) is 33.9 Å². The summed E-state index contributed by atoms with van der Waals surface area (Å²) in [5.41, 5.74) is 1.04. The number of piperidine rings is 1. The number of methoxy groups -OCH3 is 2. The molecular formula is C27H32N2O4S. The quantitative estimate of drug-likeness (QED) is 0.353. The van der Waals surface area contributed by atoms with Crippen molar-refractivity contribution in [3.05, 3.63) is 53.5 Å². The lowest BCUT2D eigenvalue weighted by atomic mass is 9.90. The number of aliphatic hydroxyl groups excluding tert-OH is 1. The molecular weight excluding hydrogens is 448 g/mol. The van der Waals surface area contributed by atoms with Gasteiger partial charge in [-0.1, -0.05) is 6.07 Å². The lowest BCUT2D eigenvalue weighted by Gasteiger charge is -2.38. The fourth-order valence-corrected chi connectivity index (χ4v) is 6.31. The van der Waals surface area contributed by atoms with E-state index in [0.717, 1.165) is 52.9 Å². The maximum atomic E-state index is 10.7. The first kappa shape index (κ1) is 23.0. The molecule has 1 fully saturated rings. The van der Waals surface area contributed by atoms with E-state index in [2.05, 4.69) is 28.9 Å². The van der Waals surface area contributed by atoms with Crippen molar-refractivity contribution in [2.24, 2.45) is 0 Å². The van der Waals surface area contributed by atoms with Gasteiger partial charge in [-0.3, -0.25) is 4.90 Å². The van der Waals surface area contributed by atoms with E-state index < -0.39 is 6.10 Å². The summed E-state index contributed by atoms with van der Waals surface area (Å²) in [6.45, 7) is 4.13. The van der Waals surface area contributed by atoms with Gasteiger partial charge >= 0.3 is 0 Å². The summed E-state index contributed by atoms with van der Waals surface area (Å²) in [5.74, 6) is 2.90. The monoisotopic (exact) mass is 480 g/mol. The molecule has 34 heavy (non-hydrogen) atoms. The van der Waals surface area contributed by atoms with E-state index >= 15 is 0 Å². The van der Waals surface area contributed by atoms with Crippen molar-refractivity contribution in [1.29, 1.82) is 0 Å². The number of nitrogens with one attached hydrogen (secondary N) is 1. The third-order valence-corrected chi connectivity index (χ3v) is 8.17. The maximum Gasteiger partial charge on any atom is 0.169 e. The predicted octanol–water partition coefficient (Wildman–Crippen LogP) is 5.41. The Morgan fingerprint density at radius 1 is 1.12 bits per heavy atom. The number of aromatic nitrogens is 1. The smallest absolute Gasteiger partial charge is 0.169 e. The van der Waals surface area contributed by atoms with Crippen LogP contribution in [-0.4, -0.2) is 61.1 Å². The number of likely N-dealkylation sites (tertiary alicyclic amines) is 1. The van der Waals surface area contributed by atoms with E-state index in [-0.39, 0.29) is 6.61 Å². The van der Waals surface area contributed by atoms with Crippen LogP contribution in [0.3, 0.4) is 0 Å². The van der Waals surface area contributed by atoms with E-state index in [1.54, 1.807) is 14.2 Å². The van der Waals surface area contributed by atoms with Gasteiger partial charge in [0, 0.05) is 44.6 Å². The summed E-state index contributed by atoms with van der Waals surface area (Å²) < 4.78 is 18.3. The molecule has 0 saturated carbocycles. The highest BCUT2D eigenvalue weighted by Gasteiger charge is 2.29. The lowest BCUT2D eigenvalue weighted by Crippen LogP contribution is -2.45. The summed E-state index contributed by atoms with van der Waals surface area (Å²) in [7, 11) is 3.37. The van der Waals surface area contributed by atoms with Gasteiger partial charge in [-0.2, -0.15) is 0 Å². The van der Waals surface area contributed by atoms with Crippen LogP contribution < -0.4 is 14.2 Å². The fourth-order valence-electron chi connectivity index (χ4n) is 5.10. The zero-order chi connectivity index (χ0) is 23.7. The number of benzene rings is 2. The molecule has 0 radical (unpaired) electrons. The van der Waals surface area contributed by atoms with E-state index in [1.807, 2.05) is 47.9 Å². The molecule has 1 aliphatic rings. The van der Waals surface area contributed by atoms with Crippen molar-refractivity contribution in [1.82, 2.24) is 9.88 Å². The van der Waals surface area contributed by atoms with Crippen LogP contribution in [0.1, 0.15) is 30.6 Å². The van der Waals surface area contributed by atoms with Gasteiger partial charge in [-0.15, -0.1) is 11.3 Å². The second-order valence-corrected chi connectivity index (χ2v) is 10.2. The molecule has 0 amide bonds. The number of H-pyrrole nitrogens is 1. The molecule has 2 N–H and O–H groups in total. The minimum Gasteiger partial charge on any atom is -0.493 e. The van der Waals surface area contributed by atoms with Crippen molar-refractivity contribution < 1.29 is 19.3 Å². The average molecular weight is 481 g/mol. The molecule has 3 atom stereocenters. The zero-order valence-corrected chi connectivity index (χ0v) is 20.7. The topological polar surface area (TPSA) is 67.0 Å². The summed E-state index contributed by atoms with van der Waals surface area (Å²) in [6, 6.07) is 14.7. The zero-order valence-electron chi connectivity index (χ0n) is 19.9. The van der Waals surface area contributed by atoms with Crippen molar-refractivity contribution in [3.8, 4) is 17.2 Å². The first-order chi connectivity index (χ1) is 16.6. The minimum atomic E-state index is -0.533. The van der Waals surface area contributed by atoms with E-state index in [0.29, 0.717) is 18.5 Å². The molecule has 7 heteroatoms. The summed E-state index contributed by atoms with van der Waals surface area (Å²) in [5, 5.41) is 12.9. The summed E-state index contributed by atoms with van der Waals surface area (Å²) in [6.07, 6.45) is 3.52. The normalized spacial score (nSPS) is 20.0. The van der Waals surface area contributed by atoms with Gasteiger partial charge < -0.3 is 24.3 Å². The van der Waals surface area contributed by atoms with Crippen molar-refractivity contribution in [3.63, 3.8) is 0 Å². The third kappa shape index (κ3) is 4.48. The summed E-state index contributed by atoms with van der Waals surface area (Å²) >= 11 is 1.85. The van der Waals surface area contributed by atoms with Crippen LogP contribution in [0.25, 0.3) is 21.0 Å². The molecule has 0 unspecified atom stereocenters. The Hall–Kier alpha value is -2.74. The largest absolute Gasteiger partial charge is 0.493 e.